The van der Waals surface area contributed by atoms with Crippen molar-refractivity contribution < 1.29 is 19.4 Å². The molecule has 0 saturated heterocycles. The number of fused-ring (bicyclic) bond motifs is 2. The molecular weight excluding hydrogens is 234 g/mol. The summed E-state index contributed by atoms with van der Waals surface area (Å²) in [6.45, 7) is 0.208. The van der Waals surface area contributed by atoms with Gasteiger partial charge >= 0.3 is 5.97 Å². The van der Waals surface area contributed by atoms with E-state index in [2.05, 4.69) is 4.98 Å². The minimum absolute atomic E-state index is 0.208. The molecule has 0 saturated carbocycles. The standard InChI is InChI=1S/C13H9NO4/c15-13(16)2-1-10-9-6-12-11(17-7-18-12)5-8(9)3-4-14-10/h1-6H,7H2,(H,15,16)/b2-1+. The highest BCUT2D eigenvalue weighted by molar-refractivity contribution is 5.94. The lowest BCUT2D eigenvalue weighted by atomic mass is 10.1. The maximum absolute atomic E-state index is 10.5. The van der Waals surface area contributed by atoms with E-state index in [-0.39, 0.29) is 6.79 Å². The van der Waals surface area contributed by atoms with Crippen LogP contribution >= 0.6 is 0 Å². The second-order valence-corrected chi connectivity index (χ2v) is 3.79. The van der Waals surface area contributed by atoms with Crippen molar-refractivity contribution in [2.24, 2.45) is 0 Å². The molecule has 0 unspecified atom stereocenters. The topological polar surface area (TPSA) is 68.7 Å². The summed E-state index contributed by atoms with van der Waals surface area (Å²) in [5.41, 5.74) is 0.591. The van der Waals surface area contributed by atoms with Crippen LogP contribution in [0.15, 0.2) is 30.5 Å². The van der Waals surface area contributed by atoms with Gasteiger partial charge in [0.25, 0.3) is 0 Å². The number of pyridine rings is 1. The van der Waals surface area contributed by atoms with Gasteiger partial charge in [0.1, 0.15) is 0 Å². The maximum atomic E-state index is 10.5. The third kappa shape index (κ3) is 1.75. The van der Waals surface area contributed by atoms with Crippen LogP contribution in [0.25, 0.3) is 16.8 Å². The van der Waals surface area contributed by atoms with E-state index in [4.69, 9.17) is 14.6 Å². The third-order valence-corrected chi connectivity index (χ3v) is 2.67. The Hall–Kier alpha value is -2.56. The van der Waals surface area contributed by atoms with E-state index in [9.17, 15) is 4.79 Å². The van der Waals surface area contributed by atoms with Gasteiger partial charge in [-0.25, -0.2) is 4.79 Å². The molecule has 0 radical (unpaired) electrons. The van der Waals surface area contributed by atoms with Gasteiger partial charge in [0.2, 0.25) is 6.79 Å². The average molecular weight is 243 g/mol. The lowest BCUT2D eigenvalue weighted by Crippen LogP contribution is -1.92. The maximum Gasteiger partial charge on any atom is 0.328 e. The molecule has 3 rings (SSSR count). The van der Waals surface area contributed by atoms with Gasteiger partial charge in [0.15, 0.2) is 11.5 Å². The summed E-state index contributed by atoms with van der Waals surface area (Å²) < 4.78 is 10.6. The molecule has 1 N–H and O–H groups in total. The highest BCUT2D eigenvalue weighted by Gasteiger charge is 2.15. The first-order valence-corrected chi connectivity index (χ1v) is 5.33. The molecule has 0 fully saturated rings. The van der Waals surface area contributed by atoms with Crippen molar-refractivity contribution in [1.29, 1.82) is 0 Å². The Bertz CT molecular complexity index is 663. The van der Waals surface area contributed by atoms with E-state index >= 15 is 0 Å². The predicted molar refractivity (Wildman–Crippen MR) is 64.5 cm³/mol. The van der Waals surface area contributed by atoms with Crippen molar-refractivity contribution in [2.45, 2.75) is 0 Å². The zero-order valence-corrected chi connectivity index (χ0v) is 9.29. The van der Waals surface area contributed by atoms with Gasteiger partial charge in [0, 0.05) is 17.7 Å². The Morgan fingerprint density at radius 3 is 2.89 bits per heavy atom. The zero-order chi connectivity index (χ0) is 12.5. The molecule has 5 heteroatoms. The molecule has 1 aliphatic rings. The third-order valence-electron chi connectivity index (χ3n) is 2.67. The number of rotatable bonds is 2. The average Bonchev–Trinajstić information content (AvgIpc) is 2.80. The first-order valence-electron chi connectivity index (χ1n) is 5.33. The Balaban J connectivity index is 2.18. The molecule has 2 aromatic rings. The fourth-order valence-corrected chi connectivity index (χ4v) is 1.87. The molecule has 0 atom stereocenters. The quantitative estimate of drug-likeness (QED) is 0.817. The smallest absolute Gasteiger partial charge is 0.328 e. The summed E-state index contributed by atoms with van der Waals surface area (Å²) in [6.07, 6.45) is 4.16. The Kier molecular flexibility index (Phi) is 2.37. The normalized spacial score (nSPS) is 13.3. The van der Waals surface area contributed by atoms with Crippen molar-refractivity contribution in [3.63, 3.8) is 0 Å². The van der Waals surface area contributed by atoms with Crippen LogP contribution < -0.4 is 9.47 Å². The van der Waals surface area contributed by atoms with E-state index in [0.717, 1.165) is 16.8 Å². The SMILES string of the molecule is O=C(O)/C=C/c1nccc2cc3c(cc12)OCO3. The van der Waals surface area contributed by atoms with E-state index in [1.165, 1.54) is 6.08 Å². The summed E-state index contributed by atoms with van der Waals surface area (Å²) in [5.74, 6) is 0.344. The summed E-state index contributed by atoms with van der Waals surface area (Å²) in [6, 6.07) is 5.51. The van der Waals surface area contributed by atoms with Crippen LogP contribution in [0.1, 0.15) is 5.69 Å². The second kappa shape index (κ2) is 4.03. The molecule has 0 aliphatic carbocycles. The lowest BCUT2D eigenvalue weighted by molar-refractivity contribution is -0.131. The van der Waals surface area contributed by atoms with E-state index in [1.54, 1.807) is 6.20 Å². The van der Waals surface area contributed by atoms with Gasteiger partial charge in [-0.2, -0.15) is 0 Å². The second-order valence-electron chi connectivity index (χ2n) is 3.79. The highest BCUT2D eigenvalue weighted by Crippen LogP contribution is 2.36. The van der Waals surface area contributed by atoms with E-state index < -0.39 is 5.97 Å². The molecule has 5 nitrogen and oxygen atoms in total. The summed E-state index contributed by atoms with van der Waals surface area (Å²) in [4.78, 5) is 14.7. The summed E-state index contributed by atoms with van der Waals surface area (Å²) in [7, 11) is 0. The fraction of sp³-hybridized carbons (Fsp3) is 0.0769. The van der Waals surface area contributed by atoms with Gasteiger partial charge in [-0.15, -0.1) is 0 Å². The van der Waals surface area contributed by atoms with Gasteiger partial charge in [0.05, 0.1) is 5.69 Å². The molecule has 2 heterocycles. The van der Waals surface area contributed by atoms with Crippen molar-refractivity contribution in [2.75, 3.05) is 6.79 Å². The predicted octanol–water partition coefficient (Wildman–Crippen LogP) is 2.06. The molecule has 0 amide bonds. The Morgan fingerprint density at radius 1 is 1.33 bits per heavy atom. The van der Waals surface area contributed by atoms with Crippen molar-refractivity contribution in [1.82, 2.24) is 4.98 Å². The molecule has 90 valence electrons. The number of aromatic nitrogens is 1. The Labute approximate surface area is 102 Å². The molecule has 1 aromatic carbocycles. The van der Waals surface area contributed by atoms with E-state index in [1.807, 2.05) is 18.2 Å². The molecule has 1 aromatic heterocycles. The molecule has 0 spiro atoms. The molecule has 18 heavy (non-hydrogen) atoms. The fourth-order valence-electron chi connectivity index (χ4n) is 1.87. The minimum Gasteiger partial charge on any atom is -0.478 e. The van der Waals surface area contributed by atoms with Crippen LogP contribution in [0, 0.1) is 0 Å². The monoisotopic (exact) mass is 243 g/mol. The van der Waals surface area contributed by atoms with E-state index in [0.29, 0.717) is 17.2 Å². The lowest BCUT2D eigenvalue weighted by Gasteiger charge is -2.03. The zero-order valence-electron chi connectivity index (χ0n) is 9.29. The first kappa shape index (κ1) is 10.6. The first-order chi connectivity index (χ1) is 8.74. The minimum atomic E-state index is -1.01. The summed E-state index contributed by atoms with van der Waals surface area (Å²) >= 11 is 0. The number of carbonyl (C=O) groups is 1. The number of carboxylic acids is 1. The number of aliphatic carboxylic acids is 1. The number of nitrogens with zero attached hydrogens (tertiary/aromatic N) is 1. The summed E-state index contributed by atoms with van der Waals surface area (Å²) in [5, 5.41) is 10.4. The van der Waals surface area contributed by atoms with Gasteiger partial charge < -0.3 is 14.6 Å². The van der Waals surface area contributed by atoms with Gasteiger partial charge in [-0.1, -0.05) is 0 Å². The molecular formula is C13H9NO4. The van der Waals surface area contributed by atoms with Gasteiger partial charge in [-0.05, 0) is 29.7 Å². The van der Waals surface area contributed by atoms with Crippen LogP contribution in [0.5, 0.6) is 11.5 Å². The number of ether oxygens (including phenoxy) is 2. The molecule has 1 aliphatic heterocycles. The van der Waals surface area contributed by atoms with Gasteiger partial charge in [-0.3, -0.25) is 4.98 Å². The van der Waals surface area contributed by atoms with Crippen molar-refractivity contribution in [3.8, 4) is 11.5 Å². The van der Waals surface area contributed by atoms with Crippen LogP contribution in [-0.2, 0) is 4.79 Å². The number of carboxylic acid groups (broad SMARTS) is 1. The van der Waals surface area contributed by atoms with Crippen LogP contribution in [0.3, 0.4) is 0 Å². The largest absolute Gasteiger partial charge is 0.478 e. The number of hydrogen-bond donors (Lipinski definition) is 1. The van der Waals surface area contributed by atoms with Crippen LogP contribution in [0.4, 0.5) is 0 Å². The van der Waals surface area contributed by atoms with Crippen LogP contribution in [-0.4, -0.2) is 22.9 Å². The Morgan fingerprint density at radius 2 is 2.11 bits per heavy atom. The highest BCUT2D eigenvalue weighted by atomic mass is 16.7. The number of hydrogen-bond acceptors (Lipinski definition) is 4. The van der Waals surface area contributed by atoms with Crippen molar-refractivity contribution in [3.05, 3.63) is 36.2 Å². The molecule has 0 bridgehead atoms. The van der Waals surface area contributed by atoms with Crippen LogP contribution in [0.2, 0.25) is 0 Å². The number of benzene rings is 1. The van der Waals surface area contributed by atoms with Crippen molar-refractivity contribution >= 4 is 22.8 Å².